The van der Waals surface area contributed by atoms with Crippen LogP contribution in [0.3, 0.4) is 0 Å². The van der Waals surface area contributed by atoms with Crippen molar-refractivity contribution < 1.29 is 4.79 Å². The summed E-state index contributed by atoms with van der Waals surface area (Å²) < 4.78 is 2.09. The van der Waals surface area contributed by atoms with Gasteiger partial charge in [-0.2, -0.15) is 5.10 Å². The SMILES string of the molecule is Cc1nn(CC(C)C)c(C)c1CCC(=O)NCCCN1CCN(Cc2ccccc2)CC1. The van der Waals surface area contributed by atoms with Crippen LogP contribution < -0.4 is 5.32 Å². The number of aromatic nitrogens is 2. The van der Waals surface area contributed by atoms with E-state index in [0.717, 1.165) is 70.9 Å². The van der Waals surface area contributed by atoms with Crippen molar-refractivity contribution in [2.75, 3.05) is 39.3 Å². The summed E-state index contributed by atoms with van der Waals surface area (Å²) in [5, 5.41) is 7.77. The fourth-order valence-electron chi connectivity index (χ4n) is 4.49. The molecular formula is C26H41N5O. The highest BCUT2D eigenvalue weighted by molar-refractivity contribution is 5.76. The van der Waals surface area contributed by atoms with E-state index in [1.54, 1.807) is 0 Å². The first-order valence-electron chi connectivity index (χ1n) is 12.2. The molecule has 6 nitrogen and oxygen atoms in total. The standard InChI is InChI=1S/C26H41N5O/c1-21(2)19-31-23(4)25(22(3)28-31)11-12-26(32)27-13-8-14-29-15-17-30(18-16-29)20-24-9-6-5-7-10-24/h5-7,9-10,21H,8,11-20H2,1-4H3,(H,27,32). The Hall–Kier alpha value is -2.18. The van der Waals surface area contributed by atoms with Crippen LogP contribution >= 0.6 is 0 Å². The van der Waals surface area contributed by atoms with Crippen molar-refractivity contribution in [3.05, 3.63) is 52.8 Å². The van der Waals surface area contributed by atoms with Crippen LogP contribution in [0.2, 0.25) is 0 Å². The molecule has 0 aliphatic carbocycles. The van der Waals surface area contributed by atoms with Gasteiger partial charge in [-0.1, -0.05) is 44.2 Å². The minimum Gasteiger partial charge on any atom is -0.356 e. The molecule has 1 amide bonds. The van der Waals surface area contributed by atoms with Gasteiger partial charge in [0.25, 0.3) is 0 Å². The predicted molar refractivity (Wildman–Crippen MR) is 131 cm³/mol. The van der Waals surface area contributed by atoms with Gasteiger partial charge in [-0.15, -0.1) is 0 Å². The summed E-state index contributed by atoms with van der Waals surface area (Å²) in [5.41, 5.74) is 4.88. The van der Waals surface area contributed by atoms with Gasteiger partial charge in [-0.25, -0.2) is 0 Å². The van der Waals surface area contributed by atoms with Crippen LogP contribution in [0.4, 0.5) is 0 Å². The van der Waals surface area contributed by atoms with Crippen molar-refractivity contribution >= 4 is 5.91 Å². The molecule has 0 atom stereocenters. The lowest BCUT2D eigenvalue weighted by Gasteiger charge is -2.34. The molecule has 176 valence electrons. The zero-order chi connectivity index (χ0) is 22.9. The van der Waals surface area contributed by atoms with Gasteiger partial charge in [0.1, 0.15) is 0 Å². The second-order valence-electron chi connectivity index (χ2n) is 9.53. The van der Waals surface area contributed by atoms with Crippen LogP contribution in [0.5, 0.6) is 0 Å². The first kappa shape index (κ1) is 24.5. The second-order valence-corrected chi connectivity index (χ2v) is 9.53. The molecule has 0 bridgehead atoms. The Labute approximate surface area is 194 Å². The fraction of sp³-hybridized carbons (Fsp3) is 0.615. The van der Waals surface area contributed by atoms with Crippen molar-refractivity contribution in [2.45, 2.75) is 60.0 Å². The normalized spacial score (nSPS) is 15.4. The average molecular weight is 440 g/mol. The third-order valence-corrected chi connectivity index (χ3v) is 6.36. The summed E-state index contributed by atoms with van der Waals surface area (Å²) in [7, 11) is 0. The van der Waals surface area contributed by atoms with E-state index in [1.807, 2.05) is 0 Å². The first-order valence-corrected chi connectivity index (χ1v) is 12.2. The predicted octanol–water partition coefficient (Wildman–Crippen LogP) is 3.41. The van der Waals surface area contributed by atoms with Crippen LogP contribution in [-0.4, -0.2) is 64.8 Å². The van der Waals surface area contributed by atoms with E-state index in [9.17, 15) is 4.79 Å². The molecule has 0 radical (unpaired) electrons. The van der Waals surface area contributed by atoms with Crippen molar-refractivity contribution in [2.24, 2.45) is 5.92 Å². The number of nitrogens with zero attached hydrogens (tertiary/aromatic N) is 4. The van der Waals surface area contributed by atoms with Gasteiger partial charge in [-0.3, -0.25) is 14.4 Å². The van der Waals surface area contributed by atoms with E-state index >= 15 is 0 Å². The van der Waals surface area contributed by atoms with E-state index in [-0.39, 0.29) is 5.91 Å². The fourth-order valence-corrected chi connectivity index (χ4v) is 4.49. The van der Waals surface area contributed by atoms with Crippen molar-refractivity contribution in [3.8, 4) is 0 Å². The number of aryl methyl sites for hydroxylation is 1. The molecule has 2 aromatic rings. The van der Waals surface area contributed by atoms with Gasteiger partial charge < -0.3 is 10.2 Å². The van der Waals surface area contributed by atoms with Crippen LogP contribution in [0.25, 0.3) is 0 Å². The molecule has 6 heteroatoms. The molecule has 1 saturated heterocycles. The third-order valence-electron chi connectivity index (χ3n) is 6.36. The lowest BCUT2D eigenvalue weighted by molar-refractivity contribution is -0.121. The van der Waals surface area contributed by atoms with Crippen molar-refractivity contribution in [1.29, 1.82) is 0 Å². The van der Waals surface area contributed by atoms with Crippen molar-refractivity contribution in [3.63, 3.8) is 0 Å². The molecule has 0 saturated carbocycles. The molecule has 1 aromatic carbocycles. The molecule has 2 heterocycles. The molecule has 0 spiro atoms. The molecule has 0 unspecified atom stereocenters. The number of hydrogen-bond donors (Lipinski definition) is 1. The molecule has 1 aliphatic rings. The molecule has 1 aliphatic heterocycles. The van der Waals surface area contributed by atoms with Gasteiger partial charge in [0, 0.05) is 57.9 Å². The zero-order valence-electron chi connectivity index (χ0n) is 20.4. The first-order chi connectivity index (χ1) is 15.4. The molecule has 1 aromatic heterocycles. The Kier molecular flexibility index (Phi) is 9.30. The topological polar surface area (TPSA) is 53.4 Å². The van der Waals surface area contributed by atoms with Crippen LogP contribution in [0.1, 0.15) is 49.2 Å². The number of benzene rings is 1. The Balaban J connectivity index is 1.29. The van der Waals surface area contributed by atoms with E-state index in [4.69, 9.17) is 0 Å². The number of piperazine rings is 1. The summed E-state index contributed by atoms with van der Waals surface area (Å²) in [5.74, 6) is 0.712. The Bertz CT molecular complexity index is 837. The number of amides is 1. The second kappa shape index (κ2) is 12.2. The molecule has 32 heavy (non-hydrogen) atoms. The van der Waals surface area contributed by atoms with Crippen LogP contribution in [-0.2, 0) is 24.3 Å². The monoisotopic (exact) mass is 439 g/mol. The average Bonchev–Trinajstić information content (AvgIpc) is 3.03. The largest absolute Gasteiger partial charge is 0.356 e. The quantitative estimate of drug-likeness (QED) is 0.545. The Morgan fingerprint density at radius 3 is 2.44 bits per heavy atom. The van der Waals surface area contributed by atoms with Crippen LogP contribution in [0.15, 0.2) is 30.3 Å². The maximum absolute atomic E-state index is 12.3. The highest BCUT2D eigenvalue weighted by Gasteiger charge is 2.17. The summed E-state index contributed by atoms with van der Waals surface area (Å²) >= 11 is 0. The number of rotatable bonds is 11. The molecule has 3 rings (SSSR count). The van der Waals surface area contributed by atoms with Gasteiger partial charge in [0.05, 0.1) is 5.69 Å². The molecular weight excluding hydrogens is 398 g/mol. The summed E-state index contributed by atoms with van der Waals surface area (Å²) in [4.78, 5) is 17.4. The van der Waals surface area contributed by atoms with E-state index in [0.29, 0.717) is 12.3 Å². The van der Waals surface area contributed by atoms with Gasteiger partial charge in [0.15, 0.2) is 0 Å². The minimum absolute atomic E-state index is 0.146. The summed E-state index contributed by atoms with van der Waals surface area (Å²) in [6.07, 6.45) is 2.31. The van der Waals surface area contributed by atoms with Crippen molar-refractivity contribution in [1.82, 2.24) is 24.9 Å². The lowest BCUT2D eigenvalue weighted by Crippen LogP contribution is -2.46. The Morgan fingerprint density at radius 1 is 1.06 bits per heavy atom. The Morgan fingerprint density at radius 2 is 1.75 bits per heavy atom. The smallest absolute Gasteiger partial charge is 0.220 e. The summed E-state index contributed by atoms with van der Waals surface area (Å²) in [6.45, 7) is 16.8. The van der Waals surface area contributed by atoms with Crippen LogP contribution in [0, 0.1) is 19.8 Å². The molecule has 1 N–H and O–H groups in total. The number of carbonyl (C=O) groups is 1. The van der Waals surface area contributed by atoms with Gasteiger partial charge in [0.2, 0.25) is 5.91 Å². The highest BCUT2D eigenvalue weighted by Crippen LogP contribution is 2.16. The van der Waals surface area contributed by atoms with Gasteiger partial charge >= 0.3 is 0 Å². The van der Waals surface area contributed by atoms with E-state index in [1.165, 1.54) is 16.8 Å². The lowest BCUT2D eigenvalue weighted by atomic mass is 10.1. The zero-order valence-corrected chi connectivity index (χ0v) is 20.4. The molecule has 1 fully saturated rings. The third kappa shape index (κ3) is 7.45. The number of nitrogens with one attached hydrogen (secondary N) is 1. The summed E-state index contributed by atoms with van der Waals surface area (Å²) in [6, 6.07) is 10.7. The maximum atomic E-state index is 12.3. The van der Waals surface area contributed by atoms with E-state index < -0.39 is 0 Å². The van der Waals surface area contributed by atoms with E-state index in [2.05, 4.69) is 82.9 Å². The maximum Gasteiger partial charge on any atom is 0.220 e. The highest BCUT2D eigenvalue weighted by atomic mass is 16.1. The number of carbonyl (C=O) groups excluding carboxylic acids is 1. The minimum atomic E-state index is 0.146. The number of hydrogen-bond acceptors (Lipinski definition) is 4. The van der Waals surface area contributed by atoms with Gasteiger partial charge in [-0.05, 0) is 50.3 Å².